The van der Waals surface area contributed by atoms with Gasteiger partial charge in [-0.3, -0.25) is 0 Å². The molecule has 3 N–H and O–H groups in total. The van der Waals surface area contributed by atoms with E-state index in [-0.39, 0.29) is 0 Å². The van der Waals surface area contributed by atoms with Gasteiger partial charge >= 0.3 is 0 Å². The van der Waals surface area contributed by atoms with E-state index in [9.17, 15) is 0 Å². The molecule has 0 radical (unpaired) electrons. The van der Waals surface area contributed by atoms with Crippen molar-refractivity contribution in [3.05, 3.63) is 29.6 Å². The minimum absolute atomic E-state index is 0.569. The lowest BCUT2D eigenvalue weighted by molar-refractivity contribution is 0.208. The van der Waals surface area contributed by atoms with Gasteiger partial charge in [0.25, 0.3) is 0 Å². The third-order valence-electron chi connectivity index (χ3n) is 5.13. The number of nitrogens with one attached hydrogen (secondary N) is 1. The molecule has 0 aliphatic carbocycles. The Morgan fingerprint density at radius 3 is 2.38 bits per heavy atom. The number of rotatable bonds is 4. The molecule has 128 valence electrons. The van der Waals surface area contributed by atoms with Crippen molar-refractivity contribution in [2.75, 3.05) is 42.1 Å². The molecule has 24 heavy (non-hydrogen) atoms. The topological polar surface area (TPSA) is 57.4 Å². The van der Waals surface area contributed by atoms with Crippen LogP contribution in [-0.4, -0.2) is 42.1 Å². The van der Waals surface area contributed by atoms with Crippen molar-refractivity contribution in [3.8, 4) is 0 Å². The molecule has 0 amide bonds. The van der Waals surface area contributed by atoms with Gasteiger partial charge in [-0.1, -0.05) is 0 Å². The summed E-state index contributed by atoms with van der Waals surface area (Å²) in [4.78, 5) is 9.44. The van der Waals surface area contributed by atoms with Crippen LogP contribution in [0.2, 0.25) is 0 Å². The second-order valence-electron chi connectivity index (χ2n) is 6.71. The van der Waals surface area contributed by atoms with Crippen LogP contribution < -0.4 is 16.0 Å². The Kier molecular flexibility index (Phi) is 4.58. The number of aromatic nitrogens is 1. The van der Waals surface area contributed by atoms with E-state index in [1.165, 1.54) is 55.8 Å². The van der Waals surface area contributed by atoms with Crippen LogP contribution in [-0.2, 0) is 0 Å². The van der Waals surface area contributed by atoms with E-state index in [0.717, 1.165) is 30.0 Å². The second kappa shape index (κ2) is 6.99. The number of hydrogen-bond acceptors (Lipinski definition) is 6. The highest BCUT2D eigenvalue weighted by molar-refractivity contribution is 7.14. The molecule has 1 aromatic carbocycles. The normalized spacial score (nSPS) is 19.8. The summed E-state index contributed by atoms with van der Waals surface area (Å²) in [6.07, 6.45) is 5.36. The van der Waals surface area contributed by atoms with E-state index in [0.29, 0.717) is 5.82 Å². The lowest BCUT2D eigenvalue weighted by Gasteiger charge is -2.37. The van der Waals surface area contributed by atoms with Crippen molar-refractivity contribution in [1.82, 2.24) is 9.88 Å². The summed E-state index contributed by atoms with van der Waals surface area (Å²) in [6, 6.07) is 9.46. The Balaban J connectivity index is 1.33. The molecule has 2 saturated heterocycles. The molecule has 0 saturated carbocycles. The van der Waals surface area contributed by atoms with Gasteiger partial charge < -0.3 is 20.9 Å². The van der Waals surface area contributed by atoms with Crippen LogP contribution >= 0.6 is 11.3 Å². The zero-order chi connectivity index (χ0) is 16.4. The van der Waals surface area contributed by atoms with Gasteiger partial charge in [-0.2, -0.15) is 0 Å². The number of thiazole rings is 1. The first kappa shape index (κ1) is 15.7. The molecular weight excluding hydrogens is 318 g/mol. The largest absolute Gasteiger partial charge is 0.383 e. The molecule has 2 aliphatic rings. The predicted molar refractivity (Wildman–Crippen MR) is 102 cm³/mol. The Bertz CT molecular complexity index is 654. The molecule has 2 aliphatic heterocycles. The zero-order valence-electron chi connectivity index (χ0n) is 13.9. The molecular formula is C18H25N5S. The maximum Gasteiger partial charge on any atom is 0.189 e. The highest BCUT2D eigenvalue weighted by Gasteiger charge is 2.26. The number of benzene rings is 1. The number of anilines is 4. The van der Waals surface area contributed by atoms with Gasteiger partial charge in [0.2, 0.25) is 0 Å². The Morgan fingerprint density at radius 1 is 1.04 bits per heavy atom. The van der Waals surface area contributed by atoms with E-state index in [2.05, 4.69) is 44.4 Å². The predicted octanol–water partition coefficient (Wildman–Crippen LogP) is 3.53. The first-order valence-corrected chi connectivity index (χ1v) is 9.73. The molecule has 1 aromatic heterocycles. The molecule has 4 rings (SSSR count). The van der Waals surface area contributed by atoms with E-state index < -0.39 is 0 Å². The van der Waals surface area contributed by atoms with Crippen molar-refractivity contribution in [2.24, 2.45) is 0 Å². The lowest BCUT2D eigenvalue weighted by Crippen LogP contribution is -2.43. The number of piperidine rings is 1. The Hall–Kier alpha value is -1.79. The van der Waals surface area contributed by atoms with Gasteiger partial charge in [-0.05, 0) is 63.0 Å². The highest BCUT2D eigenvalue weighted by atomic mass is 32.1. The quantitative estimate of drug-likeness (QED) is 0.889. The van der Waals surface area contributed by atoms with Crippen molar-refractivity contribution < 1.29 is 0 Å². The molecule has 0 atom stereocenters. The molecule has 0 bridgehead atoms. The minimum Gasteiger partial charge on any atom is -0.383 e. The summed E-state index contributed by atoms with van der Waals surface area (Å²) in [5.41, 5.74) is 8.03. The average molecular weight is 344 g/mol. The van der Waals surface area contributed by atoms with Crippen LogP contribution in [0.5, 0.6) is 0 Å². The van der Waals surface area contributed by atoms with Gasteiger partial charge in [-0.15, -0.1) is 11.3 Å². The average Bonchev–Trinajstić information content (AvgIpc) is 3.28. The van der Waals surface area contributed by atoms with Crippen LogP contribution in [0.25, 0.3) is 0 Å². The number of hydrogen-bond donors (Lipinski definition) is 2. The van der Waals surface area contributed by atoms with Crippen LogP contribution in [0.15, 0.2) is 29.6 Å². The number of nitrogen functional groups attached to an aromatic ring is 1. The second-order valence-corrected chi connectivity index (χ2v) is 7.57. The van der Waals surface area contributed by atoms with Gasteiger partial charge in [0.05, 0.1) is 0 Å². The van der Waals surface area contributed by atoms with Crippen LogP contribution in [0.3, 0.4) is 0 Å². The molecule has 3 heterocycles. The summed E-state index contributed by atoms with van der Waals surface area (Å²) in [7, 11) is 0. The SMILES string of the molecule is Nc1csc(Nc2ccc(N3CCC(N4CCCC4)CC3)cc2)n1. The molecule has 0 spiro atoms. The number of nitrogens with zero attached hydrogens (tertiary/aromatic N) is 3. The molecule has 0 unspecified atom stereocenters. The fraction of sp³-hybridized carbons (Fsp3) is 0.500. The fourth-order valence-corrected chi connectivity index (χ4v) is 4.44. The summed E-state index contributed by atoms with van der Waals surface area (Å²) in [5.74, 6) is 0.569. The zero-order valence-corrected chi connectivity index (χ0v) is 14.8. The monoisotopic (exact) mass is 343 g/mol. The maximum atomic E-state index is 5.66. The lowest BCUT2D eigenvalue weighted by atomic mass is 10.0. The summed E-state index contributed by atoms with van der Waals surface area (Å²) in [5, 5.41) is 5.99. The van der Waals surface area contributed by atoms with E-state index in [4.69, 9.17) is 5.73 Å². The van der Waals surface area contributed by atoms with E-state index in [1.54, 1.807) is 0 Å². The third-order valence-corrected chi connectivity index (χ3v) is 5.90. The van der Waals surface area contributed by atoms with E-state index >= 15 is 0 Å². The smallest absolute Gasteiger partial charge is 0.189 e. The van der Waals surface area contributed by atoms with Crippen LogP contribution in [0.1, 0.15) is 25.7 Å². The minimum atomic E-state index is 0.569. The van der Waals surface area contributed by atoms with Gasteiger partial charge in [0.1, 0.15) is 5.82 Å². The van der Waals surface area contributed by atoms with Gasteiger partial charge in [0, 0.05) is 35.9 Å². The van der Waals surface area contributed by atoms with Crippen LogP contribution in [0.4, 0.5) is 22.3 Å². The molecule has 2 fully saturated rings. The first-order valence-electron chi connectivity index (χ1n) is 8.85. The van der Waals surface area contributed by atoms with Crippen molar-refractivity contribution in [1.29, 1.82) is 0 Å². The maximum absolute atomic E-state index is 5.66. The molecule has 5 nitrogen and oxygen atoms in total. The highest BCUT2D eigenvalue weighted by Crippen LogP contribution is 2.27. The van der Waals surface area contributed by atoms with E-state index in [1.807, 2.05) is 5.38 Å². The van der Waals surface area contributed by atoms with Crippen molar-refractivity contribution in [2.45, 2.75) is 31.7 Å². The third kappa shape index (κ3) is 3.49. The van der Waals surface area contributed by atoms with Crippen LogP contribution in [0, 0.1) is 0 Å². The van der Waals surface area contributed by atoms with Crippen molar-refractivity contribution >= 4 is 33.7 Å². The van der Waals surface area contributed by atoms with Crippen molar-refractivity contribution in [3.63, 3.8) is 0 Å². The summed E-state index contributed by atoms with van der Waals surface area (Å²) < 4.78 is 0. The summed E-state index contributed by atoms with van der Waals surface area (Å²) in [6.45, 7) is 4.95. The first-order chi connectivity index (χ1) is 11.8. The van der Waals surface area contributed by atoms with Gasteiger partial charge in [0.15, 0.2) is 5.13 Å². The Morgan fingerprint density at radius 2 is 1.75 bits per heavy atom. The molecule has 6 heteroatoms. The number of nitrogens with two attached hydrogens (primary N) is 1. The number of likely N-dealkylation sites (tertiary alicyclic amines) is 1. The summed E-state index contributed by atoms with van der Waals surface area (Å²) >= 11 is 1.53. The molecule has 2 aromatic rings. The Labute approximate surface area is 147 Å². The van der Waals surface area contributed by atoms with Gasteiger partial charge in [-0.25, -0.2) is 4.98 Å². The standard InChI is InChI=1S/C18H25N5S/c19-17-13-24-18(21-17)20-14-3-5-15(6-4-14)23-11-7-16(8-12-23)22-9-1-2-10-22/h3-6,13,16H,1-2,7-12,19H2,(H,20,21). The fourth-order valence-electron chi connectivity index (χ4n) is 3.82.